The van der Waals surface area contributed by atoms with Gasteiger partial charge in [0.15, 0.2) is 0 Å². The Kier molecular flexibility index (Phi) is 5.65. The number of nitrogens with zero attached hydrogens (tertiary/aromatic N) is 1. The van der Waals surface area contributed by atoms with Crippen LogP contribution in [0.15, 0.2) is 24.3 Å². The molecule has 1 aromatic rings. The lowest BCUT2D eigenvalue weighted by molar-refractivity contribution is 0.122. The molecule has 1 aliphatic carbocycles. The summed E-state index contributed by atoms with van der Waals surface area (Å²) < 4.78 is 5.49. The molecule has 1 aromatic carbocycles. The third kappa shape index (κ3) is 3.98. The largest absolute Gasteiger partial charge is 0.496 e. The van der Waals surface area contributed by atoms with Gasteiger partial charge in [0.2, 0.25) is 0 Å². The van der Waals surface area contributed by atoms with Gasteiger partial charge in [0, 0.05) is 18.6 Å². The van der Waals surface area contributed by atoms with Crippen LogP contribution in [0.25, 0.3) is 0 Å². The average molecular weight is 290 g/mol. The van der Waals surface area contributed by atoms with E-state index in [0.717, 1.165) is 24.6 Å². The molecule has 0 saturated heterocycles. The Bertz CT molecular complexity index is 443. The van der Waals surface area contributed by atoms with Crippen LogP contribution in [-0.4, -0.2) is 37.7 Å². The Hall–Kier alpha value is -1.06. The van der Waals surface area contributed by atoms with Gasteiger partial charge >= 0.3 is 0 Å². The van der Waals surface area contributed by atoms with Crippen molar-refractivity contribution < 1.29 is 4.74 Å². The van der Waals surface area contributed by atoms with Crippen molar-refractivity contribution in [2.45, 2.75) is 44.6 Å². The van der Waals surface area contributed by atoms with Crippen LogP contribution in [0.3, 0.4) is 0 Å². The monoisotopic (exact) mass is 290 g/mol. The van der Waals surface area contributed by atoms with Crippen LogP contribution in [0.5, 0.6) is 5.75 Å². The zero-order chi connectivity index (χ0) is 15.3. The maximum absolute atomic E-state index is 6.14. The minimum Gasteiger partial charge on any atom is -0.496 e. The Labute approximate surface area is 129 Å². The second kappa shape index (κ2) is 7.28. The normalized spacial score (nSPS) is 18.9. The fourth-order valence-corrected chi connectivity index (χ4v) is 3.42. The number of para-hydroxylation sites is 1. The molecule has 0 bridgehead atoms. The number of likely N-dealkylation sites (N-methyl/N-ethyl adjacent to an activating group) is 1. The second-order valence-electron chi connectivity index (χ2n) is 6.72. The van der Waals surface area contributed by atoms with Gasteiger partial charge in [-0.2, -0.15) is 0 Å². The van der Waals surface area contributed by atoms with E-state index in [1.54, 1.807) is 7.11 Å². The van der Waals surface area contributed by atoms with E-state index in [4.69, 9.17) is 10.5 Å². The predicted octanol–water partition coefficient (Wildman–Crippen LogP) is 3.08. The van der Waals surface area contributed by atoms with E-state index < -0.39 is 0 Å². The highest BCUT2D eigenvalue weighted by atomic mass is 16.5. The molecule has 3 nitrogen and oxygen atoms in total. The molecule has 1 fully saturated rings. The molecule has 2 rings (SSSR count). The number of rotatable bonds is 7. The van der Waals surface area contributed by atoms with Crippen LogP contribution < -0.4 is 10.5 Å². The van der Waals surface area contributed by atoms with Crippen LogP contribution in [0.4, 0.5) is 0 Å². The van der Waals surface area contributed by atoms with Crippen molar-refractivity contribution in [1.29, 1.82) is 0 Å². The SMILES string of the molecule is COc1ccccc1CC(C)(CN)N(C)CC1CCCC1. The smallest absolute Gasteiger partial charge is 0.122 e. The van der Waals surface area contributed by atoms with E-state index in [1.807, 2.05) is 12.1 Å². The summed E-state index contributed by atoms with van der Waals surface area (Å²) >= 11 is 0. The highest BCUT2D eigenvalue weighted by molar-refractivity contribution is 5.34. The highest BCUT2D eigenvalue weighted by Gasteiger charge is 2.31. The molecule has 0 amide bonds. The van der Waals surface area contributed by atoms with E-state index in [0.29, 0.717) is 6.54 Å². The van der Waals surface area contributed by atoms with E-state index in [9.17, 15) is 0 Å². The van der Waals surface area contributed by atoms with Gasteiger partial charge in [0.25, 0.3) is 0 Å². The third-order valence-corrected chi connectivity index (χ3v) is 5.13. The molecule has 1 aliphatic rings. The lowest BCUT2D eigenvalue weighted by Crippen LogP contribution is -2.52. The first-order valence-electron chi connectivity index (χ1n) is 8.12. The van der Waals surface area contributed by atoms with Gasteiger partial charge in [-0.1, -0.05) is 31.0 Å². The van der Waals surface area contributed by atoms with Crippen LogP contribution >= 0.6 is 0 Å². The van der Waals surface area contributed by atoms with Gasteiger partial charge in [0.1, 0.15) is 5.75 Å². The van der Waals surface area contributed by atoms with Crippen molar-refractivity contribution in [2.75, 3.05) is 27.2 Å². The molecule has 3 heteroatoms. The van der Waals surface area contributed by atoms with Crippen molar-refractivity contribution in [1.82, 2.24) is 4.90 Å². The number of hydrogen-bond acceptors (Lipinski definition) is 3. The van der Waals surface area contributed by atoms with Crippen molar-refractivity contribution in [3.05, 3.63) is 29.8 Å². The van der Waals surface area contributed by atoms with Crippen LogP contribution in [0.2, 0.25) is 0 Å². The Balaban J connectivity index is 2.08. The van der Waals surface area contributed by atoms with Crippen molar-refractivity contribution in [3.63, 3.8) is 0 Å². The Morgan fingerprint density at radius 1 is 1.29 bits per heavy atom. The van der Waals surface area contributed by atoms with Gasteiger partial charge in [-0.15, -0.1) is 0 Å². The minimum atomic E-state index is -0.0166. The van der Waals surface area contributed by atoms with E-state index >= 15 is 0 Å². The molecule has 0 spiro atoms. The average Bonchev–Trinajstić information content (AvgIpc) is 3.00. The van der Waals surface area contributed by atoms with E-state index in [2.05, 4.69) is 31.0 Å². The van der Waals surface area contributed by atoms with Crippen molar-refractivity contribution in [2.24, 2.45) is 11.7 Å². The summed E-state index contributed by atoms with van der Waals surface area (Å²) in [5.74, 6) is 1.81. The fourth-order valence-electron chi connectivity index (χ4n) is 3.42. The van der Waals surface area contributed by atoms with E-state index in [-0.39, 0.29) is 5.54 Å². The summed E-state index contributed by atoms with van der Waals surface area (Å²) in [6, 6.07) is 8.27. The lowest BCUT2D eigenvalue weighted by atomic mass is 9.89. The second-order valence-corrected chi connectivity index (χ2v) is 6.72. The summed E-state index contributed by atoms with van der Waals surface area (Å²) in [4.78, 5) is 2.47. The molecule has 118 valence electrons. The van der Waals surface area contributed by atoms with Crippen molar-refractivity contribution >= 4 is 0 Å². The summed E-state index contributed by atoms with van der Waals surface area (Å²) in [6.45, 7) is 4.09. The number of benzene rings is 1. The fraction of sp³-hybridized carbons (Fsp3) is 0.667. The molecule has 21 heavy (non-hydrogen) atoms. The molecule has 1 atom stereocenters. The topological polar surface area (TPSA) is 38.5 Å². The summed E-state index contributed by atoms with van der Waals surface area (Å²) in [5.41, 5.74) is 7.36. The molecule has 0 radical (unpaired) electrons. The first-order chi connectivity index (χ1) is 10.1. The third-order valence-electron chi connectivity index (χ3n) is 5.13. The van der Waals surface area contributed by atoms with Gasteiger partial charge in [-0.3, -0.25) is 4.90 Å². The first-order valence-corrected chi connectivity index (χ1v) is 8.12. The number of methoxy groups -OCH3 is 1. The summed E-state index contributed by atoms with van der Waals surface area (Å²) in [7, 11) is 3.96. The standard InChI is InChI=1S/C18H30N2O/c1-18(14-19,20(2)13-15-8-4-5-9-15)12-16-10-6-7-11-17(16)21-3/h6-7,10-11,15H,4-5,8-9,12-14,19H2,1-3H3. The van der Waals surface area contributed by atoms with E-state index in [1.165, 1.54) is 31.2 Å². The van der Waals surface area contributed by atoms with Gasteiger partial charge < -0.3 is 10.5 Å². The molecule has 2 N–H and O–H groups in total. The number of ether oxygens (including phenoxy) is 1. The molecular formula is C18H30N2O. The van der Waals surface area contributed by atoms with Gasteiger partial charge in [0.05, 0.1) is 7.11 Å². The van der Waals surface area contributed by atoms with Gasteiger partial charge in [-0.05, 0) is 50.8 Å². The molecule has 0 aromatic heterocycles. The Morgan fingerprint density at radius 3 is 2.57 bits per heavy atom. The van der Waals surface area contributed by atoms with Crippen LogP contribution in [-0.2, 0) is 6.42 Å². The zero-order valence-electron chi connectivity index (χ0n) is 13.8. The maximum atomic E-state index is 6.14. The van der Waals surface area contributed by atoms with Crippen molar-refractivity contribution in [3.8, 4) is 5.75 Å². The molecular weight excluding hydrogens is 260 g/mol. The Morgan fingerprint density at radius 2 is 1.95 bits per heavy atom. The van der Waals surface area contributed by atoms with Crippen LogP contribution in [0, 0.1) is 5.92 Å². The quantitative estimate of drug-likeness (QED) is 0.838. The minimum absolute atomic E-state index is 0.0166. The van der Waals surface area contributed by atoms with Gasteiger partial charge in [-0.25, -0.2) is 0 Å². The number of nitrogens with two attached hydrogens (primary N) is 1. The molecule has 1 saturated carbocycles. The molecule has 1 unspecified atom stereocenters. The molecule has 0 heterocycles. The summed E-state index contributed by atoms with van der Waals surface area (Å²) in [6.07, 6.45) is 6.46. The number of hydrogen-bond donors (Lipinski definition) is 1. The first kappa shape index (κ1) is 16.3. The zero-order valence-corrected chi connectivity index (χ0v) is 13.8. The maximum Gasteiger partial charge on any atom is 0.122 e. The molecule has 0 aliphatic heterocycles. The summed E-state index contributed by atoms with van der Waals surface area (Å²) in [5, 5.41) is 0. The predicted molar refractivity (Wildman–Crippen MR) is 88.7 cm³/mol. The lowest BCUT2D eigenvalue weighted by Gasteiger charge is -2.40. The van der Waals surface area contributed by atoms with Crippen LogP contribution in [0.1, 0.15) is 38.2 Å². The highest BCUT2D eigenvalue weighted by Crippen LogP contribution is 2.30.